The first-order valence-electron chi connectivity index (χ1n) is 10.8. The van der Waals surface area contributed by atoms with Crippen LogP contribution in [0.4, 0.5) is 0 Å². The van der Waals surface area contributed by atoms with Gasteiger partial charge in [-0.05, 0) is 60.2 Å². The van der Waals surface area contributed by atoms with Gasteiger partial charge in [0.15, 0.2) is 0 Å². The Bertz CT molecular complexity index is 1420. The molecule has 0 aliphatic rings. The van der Waals surface area contributed by atoms with Crippen molar-refractivity contribution in [3.63, 3.8) is 0 Å². The van der Waals surface area contributed by atoms with Crippen LogP contribution in [0.15, 0.2) is 83.9 Å². The summed E-state index contributed by atoms with van der Waals surface area (Å²) in [6, 6.07) is 23.9. The first-order chi connectivity index (χ1) is 17.2. The number of aromatic nitrogens is 2. The molecule has 0 saturated heterocycles. The maximum Gasteiger partial charge on any atom is 0.232 e. The molecule has 0 bridgehead atoms. The van der Waals surface area contributed by atoms with Crippen LogP contribution in [-0.2, 0) is 23.1 Å². The second kappa shape index (κ2) is 11.3. The van der Waals surface area contributed by atoms with Crippen LogP contribution in [0, 0.1) is 0 Å². The Kier molecular flexibility index (Phi) is 8.21. The van der Waals surface area contributed by atoms with Gasteiger partial charge < -0.3 is 5.32 Å². The van der Waals surface area contributed by atoms with E-state index in [1.165, 1.54) is 0 Å². The predicted octanol–water partition coefficient (Wildman–Crippen LogP) is 5.69. The first kappa shape index (κ1) is 26.0. The molecule has 4 aromatic rings. The maximum absolute atomic E-state index is 11.9. The number of nitrogens with one attached hydrogen (secondary N) is 2. The van der Waals surface area contributed by atoms with E-state index in [4.69, 9.17) is 39.9 Å². The van der Waals surface area contributed by atoms with E-state index < -0.39 is 10.0 Å². The average Bonchev–Trinajstić information content (AvgIpc) is 3.25. The summed E-state index contributed by atoms with van der Waals surface area (Å²) >= 11 is 18.2. The average molecular weight is 563 g/mol. The standard InChI is InChI=1S/C25H22Cl3N5O2S/c1-36(34,35)32-25(29-15-17-3-2-4-21(28)13-17)30-16-22-14-24(18-5-7-19(26)8-6-18)33(31-22)23-11-9-20(27)10-12-23/h2-14H,15-16H2,1H3,(H2,29,30,32). The van der Waals surface area contributed by atoms with Crippen molar-refractivity contribution in [2.45, 2.75) is 13.1 Å². The first-order valence-corrected chi connectivity index (χ1v) is 13.8. The Hall–Kier alpha value is -3.04. The zero-order valence-electron chi connectivity index (χ0n) is 19.1. The molecule has 3 aromatic carbocycles. The van der Waals surface area contributed by atoms with Gasteiger partial charge in [-0.2, -0.15) is 5.10 Å². The van der Waals surface area contributed by atoms with Crippen molar-refractivity contribution in [3.05, 3.63) is 105 Å². The SMILES string of the molecule is CS(=O)(=O)NC(=NCc1cccc(Cl)c1)NCc1cc(-c2ccc(Cl)cc2)n(-c2ccc(Cl)cc2)n1. The minimum Gasteiger partial charge on any atom is -0.350 e. The van der Waals surface area contributed by atoms with Gasteiger partial charge in [0.05, 0.1) is 36.4 Å². The van der Waals surface area contributed by atoms with Gasteiger partial charge in [-0.25, -0.2) is 18.1 Å². The normalized spacial score (nSPS) is 11.9. The molecule has 0 amide bonds. The predicted molar refractivity (Wildman–Crippen MR) is 146 cm³/mol. The number of hydrogen-bond donors (Lipinski definition) is 2. The van der Waals surface area contributed by atoms with E-state index in [0.29, 0.717) is 20.8 Å². The van der Waals surface area contributed by atoms with Gasteiger partial charge in [-0.15, -0.1) is 0 Å². The molecule has 1 aromatic heterocycles. The Morgan fingerprint density at radius 3 is 2.22 bits per heavy atom. The van der Waals surface area contributed by atoms with Gasteiger partial charge in [0, 0.05) is 20.6 Å². The number of rotatable bonds is 7. The smallest absolute Gasteiger partial charge is 0.232 e. The lowest BCUT2D eigenvalue weighted by Crippen LogP contribution is -2.40. The van der Waals surface area contributed by atoms with E-state index in [0.717, 1.165) is 28.8 Å². The van der Waals surface area contributed by atoms with Gasteiger partial charge in [-0.3, -0.25) is 4.72 Å². The molecular weight excluding hydrogens is 541 g/mol. The maximum atomic E-state index is 11.9. The van der Waals surface area contributed by atoms with E-state index in [9.17, 15) is 8.42 Å². The highest BCUT2D eigenvalue weighted by atomic mass is 35.5. The summed E-state index contributed by atoms with van der Waals surface area (Å²) in [5.41, 5.74) is 4.07. The second-order valence-electron chi connectivity index (χ2n) is 7.94. The third-order valence-electron chi connectivity index (χ3n) is 5.00. The van der Waals surface area contributed by atoms with E-state index in [2.05, 4.69) is 15.0 Å². The molecule has 2 N–H and O–H groups in total. The molecule has 0 fully saturated rings. The lowest BCUT2D eigenvalue weighted by atomic mass is 10.1. The van der Waals surface area contributed by atoms with Crippen molar-refractivity contribution < 1.29 is 8.42 Å². The number of aliphatic imine (C=N–C) groups is 1. The Morgan fingerprint density at radius 1 is 0.917 bits per heavy atom. The number of hydrogen-bond acceptors (Lipinski definition) is 4. The lowest BCUT2D eigenvalue weighted by Gasteiger charge is -2.10. The summed E-state index contributed by atoms with van der Waals surface area (Å²) in [5, 5.41) is 9.61. The monoisotopic (exact) mass is 561 g/mol. The fraction of sp³-hybridized carbons (Fsp3) is 0.120. The molecule has 36 heavy (non-hydrogen) atoms. The number of benzene rings is 3. The van der Waals surface area contributed by atoms with E-state index in [1.807, 2.05) is 54.6 Å². The molecule has 0 spiro atoms. The van der Waals surface area contributed by atoms with E-state index >= 15 is 0 Å². The molecule has 0 aliphatic carbocycles. The van der Waals surface area contributed by atoms with Gasteiger partial charge >= 0.3 is 0 Å². The molecule has 0 aliphatic heterocycles. The van der Waals surface area contributed by atoms with Gasteiger partial charge in [-0.1, -0.05) is 59.1 Å². The molecule has 0 atom stereocenters. The van der Waals surface area contributed by atoms with Crippen LogP contribution in [0.2, 0.25) is 15.1 Å². The molecule has 186 valence electrons. The second-order valence-corrected chi connectivity index (χ2v) is 11.0. The molecular formula is C25H22Cl3N5O2S. The molecule has 0 unspecified atom stereocenters. The summed E-state index contributed by atoms with van der Waals surface area (Å²) < 4.78 is 28.0. The van der Waals surface area contributed by atoms with E-state index in [1.54, 1.807) is 28.9 Å². The Labute approximate surface area is 224 Å². The molecule has 4 rings (SSSR count). The largest absolute Gasteiger partial charge is 0.350 e. The minimum atomic E-state index is -3.56. The topological polar surface area (TPSA) is 88.4 Å². The van der Waals surface area contributed by atoms with Crippen LogP contribution >= 0.6 is 34.8 Å². The highest BCUT2D eigenvalue weighted by Crippen LogP contribution is 2.26. The molecule has 0 radical (unpaired) electrons. The highest BCUT2D eigenvalue weighted by molar-refractivity contribution is 7.89. The quantitative estimate of drug-likeness (QED) is 0.224. The summed E-state index contributed by atoms with van der Waals surface area (Å²) in [6.07, 6.45) is 1.07. The van der Waals surface area contributed by atoms with Gasteiger partial charge in [0.25, 0.3) is 0 Å². The van der Waals surface area contributed by atoms with Crippen molar-refractivity contribution in [1.29, 1.82) is 0 Å². The van der Waals surface area contributed by atoms with Crippen molar-refractivity contribution in [2.75, 3.05) is 6.26 Å². The molecule has 0 saturated carbocycles. The third kappa shape index (κ3) is 7.24. The molecule has 11 heteroatoms. The van der Waals surface area contributed by atoms with Gasteiger partial charge in [0.1, 0.15) is 0 Å². The van der Waals surface area contributed by atoms with Crippen LogP contribution in [0.5, 0.6) is 0 Å². The summed E-state index contributed by atoms with van der Waals surface area (Å²) in [6.45, 7) is 0.457. The molecule has 1 heterocycles. The van der Waals surface area contributed by atoms with Crippen LogP contribution in [-0.4, -0.2) is 30.4 Å². The summed E-state index contributed by atoms with van der Waals surface area (Å²) in [5.74, 6) is 0.103. The number of sulfonamides is 1. The third-order valence-corrected chi connectivity index (χ3v) is 6.30. The van der Waals surface area contributed by atoms with E-state index in [-0.39, 0.29) is 19.0 Å². The van der Waals surface area contributed by atoms with Crippen molar-refractivity contribution >= 4 is 50.8 Å². The summed E-state index contributed by atoms with van der Waals surface area (Å²) in [7, 11) is -3.56. The minimum absolute atomic E-state index is 0.103. The van der Waals surface area contributed by atoms with Crippen LogP contribution in [0.3, 0.4) is 0 Å². The van der Waals surface area contributed by atoms with Gasteiger partial charge in [0.2, 0.25) is 16.0 Å². The highest BCUT2D eigenvalue weighted by Gasteiger charge is 2.14. The van der Waals surface area contributed by atoms with Crippen LogP contribution in [0.25, 0.3) is 16.9 Å². The number of nitrogens with zero attached hydrogens (tertiary/aromatic N) is 3. The number of guanidine groups is 1. The summed E-state index contributed by atoms with van der Waals surface area (Å²) in [4.78, 5) is 4.39. The van der Waals surface area contributed by atoms with Crippen molar-refractivity contribution in [3.8, 4) is 16.9 Å². The van der Waals surface area contributed by atoms with Crippen LogP contribution < -0.4 is 10.0 Å². The van der Waals surface area contributed by atoms with Crippen molar-refractivity contribution in [1.82, 2.24) is 19.8 Å². The zero-order valence-corrected chi connectivity index (χ0v) is 22.2. The fourth-order valence-corrected chi connectivity index (χ4v) is 4.35. The fourth-order valence-electron chi connectivity index (χ4n) is 3.40. The Balaban J connectivity index is 1.62. The zero-order chi connectivity index (χ0) is 25.7. The Morgan fingerprint density at radius 2 is 1.58 bits per heavy atom. The number of halogens is 3. The molecule has 7 nitrogen and oxygen atoms in total. The van der Waals surface area contributed by atoms with Crippen LogP contribution in [0.1, 0.15) is 11.3 Å². The lowest BCUT2D eigenvalue weighted by molar-refractivity contribution is 0.597. The van der Waals surface area contributed by atoms with Crippen molar-refractivity contribution in [2.24, 2.45) is 4.99 Å².